The molecule has 1 aliphatic carbocycles. The monoisotopic (exact) mass is 524 g/mol. The van der Waals surface area contributed by atoms with E-state index in [-0.39, 0.29) is 17.2 Å². The number of carbonyl (C=O) groups is 2. The van der Waals surface area contributed by atoms with Gasteiger partial charge in [0.05, 0.1) is 5.56 Å². The summed E-state index contributed by atoms with van der Waals surface area (Å²) >= 11 is 7.56. The van der Waals surface area contributed by atoms with Crippen molar-refractivity contribution in [1.82, 2.24) is 0 Å². The number of aryl methyl sites for hydroxylation is 1. The van der Waals surface area contributed by atoms with Gasteiger partial charge in [-0.25, -0.2) is 0 Å². The van der Waals surface area contributed by atoms with Gasteiger partial charge in [0.1, 0.15) is 10.8 Å². The fraction of sp³-hybridized carbons (Fsp3) is 0.379. The van der Waals surface area contributed by atoms with E-state index in [4.69, 9.17) is 16.3 Å². The van der Waals surface area contributed by atoms with Gasteiger partial charge in [0.25, 0.3) is 11.8 Å². The number of benzene rings is 2. The molecule has 2 atom stereocenters. The number of hydrogen-bond acceptors (Lipinski definition) is 4. The molecule has 1 heterocycles. The number of thiophene rings is 1. The first-order valence-corrected chi connectivity index (χ1v) is 13.5. The molecule has 0 bridgehead atoms. The molecule has 2 amide bonds. The predicted octanol–water partition coefficient (Wildman–Crippen LogP) is 7.52. The van der Waals surface area contributed by atoms with Crippen LogP contribution in [0.5, 0.6) is 5.75 Å². The predicted molar refractivity (Wildman–Crippen MR) is 149 cm³/mol. The van der Waals surface area contributed by atoms with E-state index < -0.39 is 6.10 Å². The standard InChI is InChI=1S/C29H33ClN2O3S/c1-17-8-6-10-21(14-17)31-27(34)25-23-13-12-19(29(3,4)5)15-24(23)36-28(25)32-26(33)18(2)35-22-11-7-9-20(30)16-22/h6-11,14,16,18-19H,12-13,15H2,1-5H3,(H,31,34)(H,32,33). The van der Waals surface area contributed by atoms with Crippen LogP contribution < -0.4 is 15.4 Å². The molecule has 36 heavy (non-hydrogen) atoms. The van der Waals surface area contributed by atoms with Crippen LogP contribution in [0.3, 0.4) is 0 Å². The van der Waals surface area contributed by atoms with Crippen LogP contribution in [-0.4, -0.2) is 17.9 Å². The molecule has 190 valence electrons. The van der Waals surface area contributed by atoms with Crippen LogP contribution in [0.4, 0.5) is 10.7 Å². The van der Waals surface area contributed by atoms with E-state index in [0.29, 0.717) is 27.3 Å². The third-order valence-corrected chi connectivity index (χ3v) is 8.11. The maximum atomic E-state index is 13.5. The maximum Gasteiger partial charge on any atom is 0.265 e. The maximum absolute atomic E-state index is 13.5. The van der Waals surface area contributed by atoms with E-state index in [9.17, 15) is 9.59 Å². The Morgan fingerprint density at radius 2 is 1.86 bits per heavy atom. The Balaban J connectivity index is 1.61. The highest BCUT2D eigenvalue weighted by molar-refractivity contribution is 7.17. The number of carbonyl (C=O) groups excluding carboxylic acids is 2. The molecule has 0 radical (unpaired) electrons. The van der Waals surface area contributed by atoms with Crippen LogP contribution in [0.15, 0.2) is 48.5 Å². The minimum atomic E-state index is -0.766. The van der Waals surface area contributed by atoms with Gasteiger partial charge >= 0.3 is 0 Å². The molecule has 0 fully saturated rings. The van der Waals surface area contributed by atoms with Crippen LogP contribution in [0.2, 0.25) is 5.02 Å². The van der Waals surface area contributed by atoms with Gasteiger partial charge in [-0.1, -0.05) is 50.6 Å². The van der Waals surface area contributed by atoms with Gasteiger partial charge in [-0.05, 0) is 85.9 Å². The van der Waals surface area contributed by atoms with Crippen molar-refractivity contribution >= 4 is 45.4 Å². The fourth-order valence-corrected chi connectivity index (χ4v) is 6.09. The third-order valence-electron chi connectivity index (χ3n) is 6.71. The quantitative estimate of drug-likeness (QED) is 0.350. The average molecular weight is 525 g/mol. The SMILES string of the molecule is Cc1cccc(NC(=O)c2c(NC(=O)C(C)Oc3cccc(Cl)c3)sc3c2CCC(C(C)(C)C)C3)c1. The molecular weight excluding hydrogens is 492 g/mol. The second-order valence-electron chi connectivity index (χ2n) is 10.5. The molecule has 1 aliphatic rings. The van der Waals surface area contributed by atoms with Crippen LogP contribution >= 0.6 is 22.9 Å². The molecule has 1 aromatic heterocycles. The van der Waals surface area contributed by atoms with Crippen molar-refractivity contribution in [1.29, 1.82) is 0 Å². The fourth-order valence-electron chi connectivity index (χ4n) is 4.58. The Morgan fingerprint density at radius 1 is 1.11 bits per heavy atom. The first-order valence-electron chi connectivity index (χ1n) is 12.3. The van der Waals surface area contributed by atoms with Crippen molar-refractivity contribution in [2.24, 2.45) is 11.3 Å². The molecule has 0 saturated heterocycles. The second-order valence-corrected chi connectivity index (χ2v) is 12.1. The van der Waals surface area contributed by atoms with Crippen molar-refractivity contribution in [3.63, 3.8) is 0 Å². The highest BCUT2D eigenvalue weighted by Crippen LogP contribution is 2.44. The number of anilines is 2. The van der Waals surface area contributed by atoms with Crippen molar-refractivity contribution in [3.8, 4) is 5.75 Å². The summed E-state index contributed by atoms with van der Waals surface area (Å²) in [7, 11) is 0. The highest BCUT2D eigenvalue weighted by Gasteiger charge is 2.34. The first-order chi connectivity index (χ1) is 17.0. The third kappa shape index (κ3) is 6.11. The second kappa shape index (κ2) is 10.7. The Bertz CT molecular complexity index is 1280. The van der Waals surface area contributed by atoms with Crippen LogP contribution in [-0.2, 0) is 17.6 Å². The molecule has 0 spiro atoms. The van der Waals surface area contributed by atoms with Gasteiger partial charge < -0.3 is 15.4 Å². The van der Waals surface area contributed by atoms with Crippen LogP contribution in [0.25, 0.3) is 0 Å². The number of halogens is 1. The zero-order valence-corrected chi connectivity index (χ0v) is 23.0. The summed E-state index contributed by atoms with van der Waals surface area (Å²) in [5.41, 5.74) is 3.58. The summed E-state index contributed by atoms with van der Waals surface area (Å²) in [5.74, 6) is 0.516. The summed E-state index contributed by atoms with van der Waals surface area (Å²) in [4.78, 5) is 27.8. The van der Waals surface area contributed by atoms with Crippen molar-refractivity contribution in [2.75, 3.05) is 10.6 Å². The summed E-state index contributed by atoms with van der Waals surface area (Å²) in [6.07, 6.45) is 1.96. The van der Waals surface area contributed by atoms with E-state index >= 15 is 0 Å². The topological polar surface area (TPSA) is 67.4 Å². The molecule has 4 rings (SSSR count). The Morgan fingerprint density at radius 3 is 2.56 bits per heavy atom. The highest BCUT2D eigenvalue weighted by atomic mass is 35.5. The van der Waals surface area contributed by atoms with E-state index in [1.165, 1.54) is 16.2 Å². The summed E-state index contributed by atoms with van der Waals surface area (Å²) in [6, 6.07) is 14.7. The number of amides is 2. The Hall–Kier alpha value is -2.83. The molecule has 5 nitrogen and oxygen atoms in total. The summed E-state index contributed by atoms with van der Waals surface area (Å²) in [6.45, 7) is 10.5. The molecule has 2 aromatic carbocycles. The van der Waals surface area contributed by atoms with Gasteiger partial charge in [0.15, 0.2) is 6.10 Å². The van der Waals surface area contributed by atoms with Crippen molar-refractivity contribution < 1.29 is 14.3 Å². The van der Waals surface area contributed by atoms with Crippen molar-refractivity contribution in [2.45, 2.75) is 60.0 Å². The molecule has 2 N–H and O–H groups in total. The van der Waals surface area contributed by atoms with E-state index in [1.54, 1.807) is 31.2 Å². The Kier molecular flexibility index (Phi) is 7.76. The minimum absolute atomic E-state index is 0.175. The molecule has 0 aliphatic heterocycles. The lowest BCUT2D eigenvalue weighted by Crippen LogP contribution is -2.30. The lowest BCUT2D eigenvalue weighted by atomic mass is 9.72. The molecule has 2 unspecified atom stereocenters. The normalized spacial score (nSPS) is 16.1. The van der Waals surface area contributed by atoms with E-state index in [0.717, 1.165) is 36.1 Å². The number of nitrogens with one attached hydrogen (secondary N) is 2. The van der Waals surface area contributed by atoms with Gasteiger partial charge in [0, 0.05) is 15.6 Å². The zero-order chi connectivity index (χ0) is 26.0. The Labute approximate surface area is 222 Å². The lowest BCUT2D eigenvalue weighted by molar-refractivity contribution is -0.122. The average Bonchev–Trinajstić information content (AvgIpc) is 3.15. The van der Waals surface area contributed by atoms with Crippen molar-refractivity contribution in [3.05, 3.63) is 75.1 Å². The van der Waals surface area contributed by atoms with Gasteiger partial charge in [0.2, 0.25) is 0 Å². The molecule has 3 aromatic rings. The smallest absolute Gasteiger partial charge is 0.265 e. The summed E-state index contributed by atoms with van der Waals surface area (Å²) < 4.78 is 5.81. The van der Waals surface area contributed by atoms with Gasteiger partial charge in [-0.15, -0.1) is 11.3 Å². The molecule has 7 heteroatoms. The molecular formula is C29H33ClN2O3S. The number of hydrogen-bond donors (Lipinski definition) is 2. The molecule has 0 saturated carbocycles. The minimum Gasteiger partial charge on any atom is -0.481 e. The number of rotatable bonds is 6. The number of ether oxygens (including phenoxy) is 1. The zero-order valence-electron chi connectivity index (χ0n) is 21.4. The summed E-state index contributed by atoms with van der Waals surface area (Å²) in [5, 5.41) is 7.14. The van der Waals surface area contributed by atoms with Crippen LogP contribution in [0.1, 0.15) is 60.5 Å². The first kappa shape index (κ1) is 26.2. The van der Waals surface area contributed by atoms with Crippen LogP contribution in [0, 0.1) is 18.3 Å². The van der Waals surface area contributed by atoms with Gasteiger partial charge in [-0.3, -0.25) is 9.59 Å². The van der Waals surface area contributed by atoms with E-state index in [1.807, 2.05) is 31.2 Å². The number of fused-ring (bicyclic) bond motifs is 1. The lowest BCUT2D eigenvalue weighted by Gasteiger charge is -2.33. The largest absolute Gasteiger partial charge is 0.481 e. The van der Waals surface area contributed by atoms with Gasteiger partial charge in [-0.2, -0.15) is 0 Å². The van der Waals surface area contributed by atoms with E-state index in [2.05, 4.69) is 31.4 Å².